The summed E-state index contributed by atoms with van der Waals surface area (Å²) >= 11 is 3.55. The van der Waals surface area contributed by atoms with Gasteiger partial charge >= 0.3 is 0 Å². The molecule has 1 fully saturated rings. The van der Waals surface area contributed by atoms with Gasteiger partial charge in [0.25, 0.3) is 0 Å². The van der Waals surface area contributed by atoms with E-state index < -0.39 is 6.17 Å². The Labute approximate surface area is 110 Å². The van der Waals surface area contributed by atoms with Gasteiger partial charge in [0.15, 0.2) is 0 Å². The molecule has 1 heterocycles. The van der Waals surface area contributed by atoms with Gasteiger partial charge in [0.1, 0.15) is 6.17 Å². The maximum absolute atomic E-state index is 13.2. The van der Waals surface area contributed by atoms with Crippen molar-refractivity contribution in [3.63, 3.8) is 0 Å². The summed E-state index contributed by atoms with van der Waals surface area (Å²) in [6.07, 6.45) is 0.236. The first-order valence-electron chi connectivity index (χ1n) is 6.07. The fourth-order valence-corrected chi connectivity index (χ4v) is 2.76. The summed E-state index contributed by atoms with van der Waals surface area (Å²) in [5, 5.41) is 3.38. The van der Waals surface area contributed by atoms with E-state index >= 15 is 0 Å². The zero-order chi connectivity index (χ0) is 12.3. The first-order valence-corrected chi connectivity index (χ1v) is 6.87. The molecule has 1 aliphatic heterocycles. The number of nitrogens with zero attached hydrogens (tertiary/aromatic N) is 1. The van der Waals surface area contributed by atoms with Gasteiger partial charge in [-0.15, -0.1) is 0 Å². The van der Waals surface area contributed by atoms with Crippen molar-refractivity contribution in [2.45, 2.75) is 19.5 Å². The predicted molar refractivity (Wildman–Crippen MR) is 73.4 cm³/mol. The lowest BCUT2D eigenvalue weighted by molar-refractivity contribution is 0.374. The predicted octanol–water partition coefficient (Wildman–Crippen LogP) is 3.28. The molecule has 1 saturated heterocycles. The molecule has 0 amide bonds. The average Bonchev–Trinajstić information content (AvgIpc) is 2.57. The van der Waals surface area contributed by atoms with E-state index in [0.29, 0.717) is 0 Å². The summed E-state index contributed by atoms with van der Waals surface area (Å²) in [5.74, 6) is 0. The Morgan fingerprint density at radius 2 is 2.18 bits per heavy atom. The minimum absolute atomic E-state index is 0.730. The molecule has 0 radical (unpaired) electrons. The Hall–Kier alpha value is -0.610. The first kappa shape index (κ1) is 12.8. The lowest BCUT2D eigenvalue weighted by Gasteiger charge is -2.24. The zero-order valence-corrected chi connectivity index (χ0v) is 11.6. The topological polar surface area (TPSA) is 15.3 Å². The average molecular weight is 301 g/mol. The molecular formula is C13H18BrFN2. The fourth-order valence-electron chi connectivity index (χ4n) is 2.11. The summed E-state index contributed by atoms with van der Waals surface area (Å²) in [4.78, 5) is 2.34. The van der Waals surface area contributed by atoms with Gasteiger partial charge in [-0.05, 0) is 53.5 Å². The van der Waals surface area contributed by atoms with Crippen LogP contribution in [0.4, 0.5) is 10.1 Å². The molecule has 1 N–H and O–H groups in total. The van der Waals surface area contributed by atoms with Gasteiger partial charge in [0.2, 0.25) is 0 Å². The normalized spacial score (nSPS) is 18.9. The Morgan fingerprint density at radius 1 is 1.35 bits per heavy atom. The molecule has 1 aromatic carbocycles. The van der Waals surface area contributed by atoms with Gasteiger partial charge in [-0.1, -0.05) is 6.07 Å². The third kappa shape index (κ3) is 3.19. The molecule has 17 heavy (non-hydrogen) atoms. The Bertz CT molecular complexity index is 374. The van der Waals surface area contributed by atoms with Crippen LogP contribution in [0.15, 0.2) is 22.7 Å². The lowest BCUT2D eigenvalue weighted by Crippen LogP contribution is -2.28. The van der Waals surface area contributed by atoms with Gasteiger partial charge in [-0.25, -0.2) is 4.39 Å². The number of halogens is 2. The van der Waals surface area contributed by atoms with Gasteiger partial charge < -0.3 is 10.2 Å². The van der Waals surface area contributed by atoms with Crippen molar-refractivity contribution in [2.75, 3.05) is 31.1 Å². The van der Waals surface area contributed by atoms with Gasteiger partial charge in [0.05, 0.1) is 5.69 Å². The smallest absolute Gasteiger partial charge is 0.122 e. The van der Waals surface area contributed by atoms with E-state index in [1.807, 2.05) is 18.2 Å². The van der Waals surface area contributed by atoms with Crippen molar-refractivity contribution in [3.8, 4) is 0 Å². The first-order chi connectivity index (χ1) is 8.18. The van der Waals surface area contributed by atoms with Crippen molar-refractivity contribution in [1.29, 1.82) is 0 Å². The molecule has 0 spiro atoms. The lowest BCUT2D eigenvalue weighted by atomic mass is 10.1. The second kappa shape index (κ2) is 5.83. The summed E-state index contributed by atoms with van der Waals surface area (Å²) in [6.45, 7) is 5.71. The van der Waals surface area contributed by atoms with Gasteiger partial charge in [-0.2, -0.15) is 0 Å². The molecule has 4 heteroatoms. The van der Waals surface area contributed by atoms with Gasteiger partial charge in [0, 0.05) is 24.1 Å². The van der Waals surface area contributed by atoms with Crippen LogP contribution in [0, 0.1) is 0 Å². The van der Waals surface area contributed by atoms with Crippen LogP contribution in [0.5, 0.6) is 0 Å². The number of hydrogen-bond donors (Lipinski definition) is 1. The maximum Gasteiger partial charge on any atom is 0.122 e. The Morgan fingerprint density at radius 3 is 2.88 bits per heavy atom. The van der Waals surface area contributed by atoms with Crippen LogP contribution in [0.3, 0.4) is 0 Å². The fraction of sp³-hybridized carbons (Fsp3) is 0.538. The highest BCUT2D eigenvalue weighted by Crippen LogP contribution is 2.30. The molecular weight excluding hydrogens is 283 g/mol. The molecule has 1 aliphatic rings. The number of anilines is 1. The monoisotopic (exact) mass is 300 g/mol. The van der Waals surface area contributed by atoms with E-state index in [1.165, 1.54) is 0 Å². The number of alkyl halides is 1. The molecule has 1 unspecified atom stereocenters. The van der Waals surface area contributed by atoms with Gasteiger partial charge in [-0.3, -0.25) is 0 Å². The standard InChI is InChI=1S/C13H18BrFN2/c1-10(15)11-3-4-13(12(14)9-11)17-7-2-5-16-6-8-17/h3-4,9-10,16H,2,5-8H2,1H3. The molecule has 0 aromatic heterocycles. The summed E-state index contributed by atoms with van der Waals surface area (Å²) in [5.41, 5.74) is 1.90. The van der Waals surface area contributed by atoms with Crippen molar-refractivity contribution in [1.82, 2.24) is 5.32 Å². The highest BCUT2D eigenvalue weighted by Gasteiger charge is 2.13. The van der Waals surface area contributed by atoms with Crippen LogP contribution in [0.1, 0.15) is 25.1 Å². The van der Waals surface area contributed by atoms with E-state index in [0.717, 1.165) is 48.3 Å². The van der Waals surface area contributed by atoms with Crippen LogP contribution in [0.25, 0.3) is 0 Å². The van der Waals surface area contributed by atoms with Crippen LogP contribution in [0.2, 0.25) is 0 Å². The van der Waals surface area contributed by atoms with Crippen LogP contribution in [-0.4, -0.2) is 26.2 Å². The summed E-state index contributed by atoms with van der Waals surface area (Å²) in [7, 11) is 0. The van der Waals surface area contributed by atoms with Crippen molar-refractivity contribution in [3.05, 3.63) is 28.2 Å². The second-order valence-corrected chi connectivity index (χ2v) is 5.27. The second-order valence-electron chi connectivity index (χ2n) is 4.42. The molecule has 0 aliphatic carbocycles. The third-order valence-corrected chi connectivity index (χ3v) is 3.75. The van der Waals surface area contributed by atoms with Crippen molar-refractivity contribution in [2.24, 2.45) is 0 Å². The molecule has 0 saturated carbocycles. The largest absolute Gasteiger partial charge is 0.369 e. The summed E-state index contributed by atoms with van der Waals surface area (Å²) in [6, 6.07) is 5.78. The van der Waals surface area contributed by atoms with E-state index in [1.54, 1.807) is 6.92 Å². The van der Waals surface area contributed by atoms with Crippen LogP contribution >= 0.6 is 15.9 Å². The van der Waals surface area contributed by atoms with E-state index in [4.69, 9.17) is 0 Å². The molecule has 1 aromatic rings. The minimum atomic E-state index is -0.911. The summed E-state index contributed by atoms with van der Waals surface area (Å²) < 4.78 is 14.2. The number of hydrogen-bond acceptors (Lipinski definition) is 2. The third-order valence-electron chi connectivity index (χ3n) is 3.11. The molecule has 2 rings (SSSR count). The maximum atomic E-state index is 13.2. The van der Waals surface area contributed by atoms with Crippen LogP contribution in [-0.2, 0) is 0 Å². The minimum Gasteiger partial charge on any atom is -0.369 e. The molecule has 1 atom stereocenters. The van der Waals surface area contributed by atoms with Crippen molar-refractivity contribution >= 4 is 21.6 Å². The molecule has 94 valence electrons. The number of nitrogens with one attached hydrogen (secondary N) is 1. The molecule has 0 bridgehead atoms. The van der Waals surface area contributed by atoms with Crippen molar-refractivity contribution < 1.29 is 4.39 Å². The zero-order valence-electron chi connectivity index (χ0n) is 10.0. The SMILES string of the molecule is CC(F)c1ccc(N2CCCNCC2)c(Br)c1. The molecule has 2 nitrogen and oxygen atoms in total. The van der Waals surface area contributed by atoms with E-state index in [2.05, 4.69) is 26.1 Å². The number of rotatable bonds is 2. The van der Waals surface area contributed by atoms with E-state index in [-0.39, 0.29) is 0 Å². The highest BCUT2D eigenvalue weighted by molar-refractivity contribution is 9.10. The van der Waals surface area contributed by atoms with E-state index in [9.17, 15) is 4.39 Å². The quantitative estimate of drug-likeness (QED) is 0.902. The number of benzene rings is 1. The highest BCUT2D eigenvalue weighted by atomic mass is 79.9. The Kier molecular flexibility index (Phi) is 4.40. The van der Waals surface area contributed by atoms with Crippen LogP contribution < -0.4 is 10.2 Å². The Balaban J connectivity index is 2.19.